The predicted octanol–water partition coefficient (Wildman–Crippen LogP) is 7.74. The van der Waals surface area contributed by atoms with Gasteiger partial charge in [0.15, 0.2) is 0 Å². The Morgan fingerprint density at radius 1 is 1.04 bits per heavy atom. The van der Waals surface area contributed by atoms with Gasteiger partial charge < -0.3 is 9.84 Å². The monoisotopic (exact) mass is 392 g/mol. The van der Waals surface area contributed by atoms with Crippen LogP contribution in [0.15, 0.2) is 36.9 Å². The van der Waals surface area contributed by atoms with E-state index >= 15 is 0 Å². The number of allylic oxidation sites excluding steroid dienone is 1. The lowest BCUT2D eigenvalue weighted by Crippen LogP contribution is -2.23. The van der Waals surface area contributed by atoms with E-state index in [2.05, 4.69) is 17.4 Å². The van der Waals surface area contributed by atoms with E-state index < -0.39 is 6.16 Å². The Balaban J connectivity index is 0.000000208. The van der Waals surface area contributed by atoms with Crippen LogP contribution in [0.1, 0.15) is 70.6 Å². The molecular weight excluding hydrogens is 360 g/mol. The van der Waals surface area contributed by atoms with Crippen molar-refractivity contribution in [2.24, 2.45) is 17.8 Å². The second-order valence-corrected chi connectivity index (χ2v) is 8.30. The maximum Gasteiger partial charge on any atom is 0.511 e. The summed E-state index contributed by atoms with van der Waals surface area (Å²) in [7, 11) is 0. The standard InChI is InChI=1S/C16H28.C7H5ClO3/c1-2-3-7-14-10-12-16(13-11-14)15-8-5-4-6-9-15;8-5-1-3-6(4-2-5)11-7(9)10/h2,14-16H,1,3-13H2;1-4H,(H,9,10)/t14-,16-;. The van der Waals surface area contributed by atoms with E-state index in [9.17, 15) is 4.79 Å². The van der Waals surface area contributed by atoms with Crippen molar-refractivity contribution in [3.05, 3.63) is 41.9 Å². The summed E-state index contributed by atoms with van der Waals surface area (Å²) in [5, 5.41) is 8.73. The highest BCUT2D eigenvalue weighted by molar-refractivity contribution is 6.30. The molecule has 0 heterocycles. The second kappa shape index (κ2) is 12.1. The molecule has 3 nitrogen and oxygen atoms in total. The second-order valence-electron chi connectivity index (χ2n) is 7.87. The van der Waals surface area contributed by atoms with Crippen LogP contribution in [0.4, 0.5) is 4.79 Å². The Morgan fingerprint density at radius 3 is 2.19 bits per heavy atom. The lowest BCUT2D eigenvalue weighted by Gasteiger charge is -2.35. The maximum absolute atomic E-state index is 10.00. The number of ether oxygens (including phenoxy) is 1. The molecule has 2 aliphatic carbocycles. The van der Waals surface area contributed by atoms with Crippen molar-refractivity contribution >= 4 is 17.8 Å². The van der Waals surface area contributed by atoms with E-state index in [0.717, 1.165) is 17.8 Å². The summed E-state index contributed by atoms with van der Waals surface area (Å²) >= 11 is 5.55. The molecule has 2 aliphatic rings. The molecule has 0 spiro atoms. The molecule has 0 bridgehead atoms. The molecule has 0 aliphatic heterocycles. The first kappa shape index (κ1) is 21.8. The molecule has 27 heavy (non-hydrogen) atoms. The molecule has 0 radical (unpaired) electrons. The van der Waals surface area contributed by atoms with Gasteiger partial charge in [0.2, 0.25) is 0 Å². The van der Waals surface area contributed by atoms with Gasteiger partial charge in [0.1, 0.15) is 5.75 Å². The molecule has 0 amide bonds. The van der Waals surface area contributed by atoms with Crippen LogP contribution in [-0.4, -0.2) is 11.3 Å². The average molecular weight is 393 g/mol. The summed E-state index contributed by atoms with van der Waals surface area (Å²) in [6, 6.07) is 6.08. The number of hydrogen-bond acceptors (Lipinski definition) is 2. The lowest BCUT2D eigenvalue weighted by atomic mass is 9.70. The Labute approximate surface area is 168 Å². The van der Waals surface area contributed by atoms with Crippen molar-refractivity contribution < 1.29 is 14.6 Å². The fourth-order valence-corrected chi connectivity index (χ4v) is 4.64. The Bertz CT molecular complexity index is 555. The highest BCUT2D eigenvalue weighted by Crippen LogP contribution is 2.40. The van der Waals surface area contributed by atoms with Gasteiger partial charge in [-0.3, -0.25) is 0 Å². The first-order chi connectivity index (χ1) is 13.1. The van der Waals surface area contributed by atoms with Crippen LogP contribution in [0, 0.1) is 17.8 Å². The Kier molecular flexibility index (Phi) is 9.75. The zero-order chi connectivity index (χ0) is 19.5. The Hall–Kier alpha value is -1.48. The molecule has 2 fully saturated rings. The smallest absolute Gasteiger partial charge is 0.449 e. The predicted molar refractivity (Wildman–Crippen MR) is 112 cm³/mol. The first-order valence-electron chi connectivity index (χ1n) is 10.4. The van der Waals surface area contributed by atoms with Gasteiger partial charge in [-0.05, 0) is 67.7 Å². The van der Waals surface area contributed by atoms with Crippen molar-refractivity contribution in [1.29, 1.82) is 0 Å². The highest BCUT2D eigenvalue weighted by atomic mass is 35.5. The number of rotatable bonds is 5. The number of hydrogen-bond donors (Lipinski definition) is 1. The van der Waals surface area contributed by atoms with Crippen molar-refractivity contribution in [2.45, 2.75) is 70.6 Å². The van der Waals surface area contributed by atoms with Crippen LogP contribution < -0.4 is 4.74 Å². The highest BCUT2D eigenvalue weighted by Gasteiger charge is 2.27. The van der Waals surface area contributed by atoms with Crippen molar-refractivity contribution in [3.63, 3.8) is 0 Å². The minimum Gasteiger partial charge on any atom is -0.449 e. The van der Waals surface area contributed by atoms with Crippen LogP contribution >= 0.6 is 11.6 Å². The van der Waals surface area contributed by atoms with Crippen LogP contribution in [-0.2, 0) is 0 Å². The van der Waals surface area contributed by atoms with Crippen LogP contribution in [0.25, 0.3) is 0 Å². The van der Waals surface area contributed by atoms with Crippen molar-refractivity contribution in [2.75, 3.05) is 0 Å². The lowest BCUT2D eigenvalue weighted by molar-refractivity contribution is 0.144. The zero-order valence-electron chi connectivity index (χ0n) is 16.2. The SMILES string of the molecule is C=CCC[C@H]1CC[C@H](C2CCCCC2)CC1.O=C(O)Oc1ccc(Cl)cc1. The fourth-order valence-electron chi connectivity index (χ4n) is 4.51. The quantitative estimate of drug-likeness (QED) is 0.316. The van der Waals surface area contributed by atoms with Gasteiger partial charge in [-0.2, -0.15) is 0 Å². The molecule has 4 heteroatoms. The van der Waals surface area contributed by atoms with Gasteiger partial charge in [-0.1, -0.05) is 62.6 Å². The summed E-state index contributed by atoms with van der Waals surface area (Å²) in [6.07, 6.45) is 17.1. The van der Waals surface area contributed by atoms with Crippen LogP contribution in [0.2, 0.25) is 5.02 Å². The molecule has 3 rings (SSSR count). The van der Waals surface area contributed by atoms with E-state index in [1.165, 1.54) is 69.9 Å². The maximum atomic E-state index is 10.00. The zero-order valence-corrected chi connectivity index (χ0v) is 17.0. The number of carbonyl (C=O) groups is 1. The van der Waals surface area contributed by atoms with Gasteiger partial charge in [-0.15, -0.1) is 6.58 Å². The summed E-state index contributed by atoms with van der Waals surface area (Å²) in [5.74, 6) is 3.49. The molecule has 0 unspecified atom stereocenters. The van der Waals surface area contributed by atoms with Crippen molar-refractivity contribution in [1.82, 2.24) is 0 Å². The van der Waals surface area contributed by atoms with Gasteiger partial charge in [0, 0.05) is 5.02 Å². The van der Waals surface area contributed by atoms with Gasteiger partial charge >= 0.3 is 6.16 Å². The minimum absolute atomic E-state index is 0.266. The third kappa shape index (κ3) is 8.38. The first-order valence-corrected chi connectivity index (χ1v) is 10.7. The molecular formula is C23H33ClO3. The van der Waals surface area contributed by atoms with E-state index in [1.54, 1.807) is 25.0 Å². The average Bonchev–Trinajstić information content (AvgIpc) is 2.69. The third-order valence-electron chi connectivity index (χ3n) is 6.01. The fraction of sp³-hybridized carbons (Fsp3) is 0.609. The van der Waals surface area contributed by atoms with E-state index in [0.29, 0.717) is 5.02 Å². The summed E-state index contributed by atoms with van der Waals surface area (Å²) in [4.78, 5) is 10.00. The number of carboxylic acid groups (broad SMARTS) is 1. The topological polar surface area (TPSA) is 46.5 Å². The van der Waals surface area contributed by atoms with Gasteiger partial charge in [0.25, 0.3) is 0 Å². The minimum atomic E-state index is -1.33. The molecule has 1 aromatic carbocycles. The summed E-state index contributed by atoms with van der Waals surface area (Å²) in [5.41, 5.74) is 0. The third-order valence-corrected chi connectivity index (χ3v) is 6.26. The molecule has 150 valence electrons. The molecule has 0 saturated heterocycles. The largest absolute Gasteiger partial charge is 0.511 e. The summed E-state index contributed by atoms with van der Waals surface area (Å²) < 4.78 is 4.33. The molecule has 0 atom stereocenters. The van der Waals surface area contributed by atoms with Gasteiger partial charge in [-0.25, -0.2) is 4.79 Å². The van der Waals surface area contributed by atoms with E-state index in [4.69, 9.17) is 16.7 Å². The number of halogens is 1. The number of benzene rings is 1. The Morgan fingerprint density at radius 2 is 1.63 bits per heavy atom. The van der Waals surface area contributed by atoms with Crippen molar-refractivity contribution in [3.8, 4) is 5.75 Å². The normalized spacial score (nSPS) is 23.0. The molecule has 1 N–H and O–H groups in total. The summed E-state index contributed by atoms with van der Waals surface area (Å²) in [6.45, 7) is 3.83. The molecule has 2 saturated carbocycles. The van der Waals surface area contributed by atoms with Gasteiger partial charge in [0.05, 0.1) is 0 Å². The van der Waals surface area contributed by atoms with E-state index in [1.807, 2.05) is 0 Å². The van der Waals surface area contributed by atoms with E-state index in [-0.39, 0.29) is 5.75 Å². The molecule has 1 aromatic rings. The van der Waals surface area contributed by atoms with Crippen LogP contribution in [0.3, 0.4) is 0 Å². The van der Waals surface area contributed by atoms with Crippen LogP contribution in [0.5, 0.6) is 5.75 Å². The molecule has 0 aromatic heterocycles.